The van der Waals surface area contributed by atoms with Gasteiger partial charge >= 0.3 is 0 Å². The summed E-state index contributed by atoms with van der Waals surface area (Å²) >= 11 is 0. The zero-order valence-corrected chi connectivity index (χ0v) is 17.0. The van der Waals surface area contributed by atoms with E-state index in [1.54, 1.807) is 19.1 Å². The van der Waals surface area contributed by atoms with E-state index in [2.05, 4.69) is 14.9 Å². The molecule has 1 aromatic carbocycles. The van der Waals surface area contributed by atoms with Crippen LogP contribution in [0.2, 0.25) is 0 Å². The van der Waals surface area contributed by atoms with E-state index < -0.39 is 10.0 Å². The first kappa shape index (κ1) is 20.4. The van der Waals surface area contributed by atoms with Crippen LogP contribution in [0, 0.1) is 13.8 Å². The lowest BCUT2D eigenvalue weighted by molar-refractivity contribution is 0.318. The summed E-state index contributed by atoms with van der Waals surface area (Å²) in [5.41, 5.74) is 1.19. The highest BCUT2D eigenvalue weighted by atomic mass is 32.2. The van der Waals surface area contributed by atoms with Crippen LogP contribution in [0.5, 0.6) is 5.75 Å². The molecule has 8 heteroatoms. The summed E-state index contributed by atoms with van der Waals surface area (Å²) in [6.07, 6.45) is 0.355. The van der Waals surface area contributed by atoms with Crippen molar-refractivity contribution >= 4 is 10.0 Å². The molecular weight excluding hydrogens is 354 g/mol. The Morgan fingerprint density at radius 2 is 1.88 bits per heavy atom. The minimum atomic E-state index is -3.63. The number of sulfonamides is 1. The van der Waals surface area contributed by atoms with E-state index in [0.29, 0.717) is 36.1 Å². The predicted molar refractivity (Wildman–Crippen MR) is 99.0 cm³/mol. The van der Waals surface area contributed by atoms with Crippen molar-refractivity contribution in [3.05, 3.63) is 35.0 Å². The smallest absolute Gasteiger partial charge is 0.240 e. The van der Waals surface area contributed by atoms with Crippen LogP contribution >= 0.6 is 0 Å². The van der Waals surface area contributed by atoms with Crippen LogP contribution in [-0.4, -0.2) is 31.7 Å². The van der Waals surface area contributed by atoms with Gasteiger partial charge in [0.25, 0.3) is 0 Å². The van der Waals surface area contributed by atoms with Gasteiger partial charge in [0.1, 0.15) is 5.75 Å². The third-order valence-corrected chi connectivity index (χ3v) is 5.42. The van der Waals surface area contributed by atoms with Crippen LogP contribution in [0.1, 0.15) is 50.5 Å². The van der Waals surface area contributed by atoms with Gasteiger partial charge in [-0.25, -0.2) is 13.1 Å². The topological polar surface area (TPSA) is 94.3 Å². The molecule has 0 aliphatic carbocycles. The number of ether oxygens (including phenoxy) is 1. The summed E-state index contributed by atoms with van der Waals surface area (Å²) in [5, 5.41) is 3.90. The van der Waals surface area contributed by atoms with Gasteiger partial charge in [0.15, 0.2) is 5.82 Å². The summed E-state index contributed by atoms with van der Waals surface area (Å²) in [6, 6.07) is 3.39. The van der Waals surface area contributed by atoms with Gasteiger partial charge in [-0.3, -0.25) is 0 Å². The molecule has 0 saturated carbocycles. The summed E-state index contributed by atoms with van der Waals surface area (Å²) < 4.78 is 38.6. The zero-order valence-electron chi connectivity index (χ0n) is 16.2. The van der Waals surface area contributed by atoms with Crippen LogP contribution in [0.25, 0.3) is 0 Å². The van der Waals surface area contributed by atoms with Crippen molar-refractivity contribution in [2.45, 2.75) is 58.3 Å². The van der Waals surface area contributed by atoms with Gasteiger partial charge in [-0.15, -0.1) is 0 Å². The molecule has 0 aliphatic rings. The van der Waals surface area contributed by atoms with Gasteiger partial charge in [0, 0.05) is 18.4 Å². The third-order valence-electron chi connectivity index (χ3n) is 3.81. The maximum absolute atomic E-state index is 12.6. The van der Waals surface area contributed by atoms with Gasteiger partial charge < -0.3 is 9.26 Å². The molecule has 26 heavy (non-hydrogen) atoms. The molecule has 0 unspecified atom stereocenters. The average molecular weight is 381 g/mol. The SMILES string of the molecule is CCOc1cc(C)c(S(=O)(=O)NCCc2noc(C(C)(C)C)n2)cc1C. The Bertz CT molecular complexity index is 867. The van der Waals surface area contributed by atoms with E-state index in [9.17, 15) is 8.42 Å². The zero-order chi connectivity index (χ0) is 19.5. The summed E-state index contributed by atoms with van der Waals surface area (Å²) in [5.74, 6) is 1.72. The number of hydrogen-bond donors (Lipinski definition) is 1. The molecule has 0 atom stereocenters. The second kappa shape index (κ2) is 7.75. The van der Waals surface area contributed by atoms with Crippen LogP contribution in [0.15, 0.2) is 21.6 Å². The molecule has 1 heterocycles. The molecule has 1 aromatic heterocycles. The summed E-state index contributed by atoms with van der Waals surface area (Å²) in [4.78, 5) is 4.56. The molecule has 0 spiro atoms. The minimum Gasteiger partial charge on any atom is -0.494 e. The Morgan fingerprint density at radius 3 is 2.46 bits per heavy atom. The highest BCUT2D eigenvalue weighted by Crippen LogP contribution is 2.26. The van der Waals surface area contributed by atoms with Gasteiger partial charge in [-0.2, -0.15) is 4.98 Å². The minimum absolute atomic E-state index is 0.192. The molecule has 0 saturated heterocycles. The van der Waals surface area contributed by atoms with Gasteiger partial charge in [0.05, 0.1) is 11.5 Å². The Kier molecular flexibility index (Phi) is 6.08. The molecular formula is C18H27N3O4S. The molecule has 1 N–H and O–H groups in total. The Balaban J connectivity index is 2.07. The molecule has 0 amide bonds. The van der Waals surface area contributed by atoms with E-state index in [1.165, 1.54) is 0 Å². The van der Waals surface area contributed by atoms with E-state index in [-0.39, 0.29) is 16.9 Å². The number of hydrogen-bond acceptors (Lipinski definition) is 6. The third kappa shape index (κ3) is 4.82. The molecule has 2 rings (SSSR count). The first-order valence-electron chi connectivity index (χ1n) is 8.61. The maximum Gasteiger partial charge on any atom is 0.240 e. The first-order valence-corrected chi connectivity index (χ1v) is 10.1. The van der Waals surface area contributed by atoms with Crippen molar-refractivity contribution in [2.75, 3.05) is 13.2 Å². The van der Waals surface area contributed by atoms with Crippen molar-refractivity contribution in [3.8, 4) is 5.75 Å². The quantitative estimate of drug-likeness (QED) is 0.792. The lowest BCUT2D eigenvalue weighted by atomic mass is 9.97. The number of nitrogens with one attached hydrogen (secondary N) is 1. The van der Waals surface area contributed by atoms with Crippen molar-refractivity contribution in [1.82, 2.24) is 14.9 Å². The van der Waals surface area contributed by atoms with E-state index in [4.69, 9.17) is 9.26 Å². The standard InChI is InChI=1S/C18H27N3O4S/c1-7-24-14-10-13(3)15(11-12(14)2)26(22,23)19-9-8-16-20-17(25-21-16)18(4,5)6/h10-11,19H,7-9H2,1-6H3. The second-order valence-electron chi connectivity index (χ2n) is 7.23. The lowest BCUT2D eigenvalue weighted by Crippen LogP contribution is -2.27. The average Bonchev–Trinajstić information content (AvgIpc) is 2.99. The molecule has 0 fully saturated rings. The monoisotopic (exact) mass is 381 g/mol. The predicted octanol–water partition coefficient (Wildman–Crippen LogP) is 2.90. The number of nitrogens with zero attached hydrogens (tertiary/aromatic N) is 2. The number of aryl methyl sites for hydroxylation is 2. The van der Waals surface area contributed by atoms with E-state index >= 15 is 0 Å². The Hall–Kier alpha value is -1.93. The number of benzene rings is 1. The Morgan fingerprint density at radius 1 is 1.19 bits per heavy atom. The Labute approximate surface area is 155 Å². The fraction of sp³-hybridized carbons (Fsp3) is 0.556. The summed E-state index contributed by atoms with van der Waals surface area (Å²) in [6.45, 7) is 12.1. The van der Waals surface area contributed by atoms with Crippen molar-refractivity contribution < 1.29 is 17.7 Å². The van der Waals surface area contributed by atoms with Gasteiger partial charge in [-0.05, 0) is 44.0 Å². The van der Waals surface area contributed by atoms with Crippen LogP contribution in [0.3, 0.4) is 0 Å². The fourth-order valence-corrected chi connectivity index (χ4v) is 3.74. The van der Waals surface area contributed by atoms with Gasteiger partial charge in [0.2, 0.25) is 15.9 Å². The second-order valence-corrected chi connectivity index (χ2v) is 8.97. The lowest BCUT2D eigenvalue weighted by Gasteiger charge is -2.13. The van der Waals surface area contributed by atoms with Crippen molar-refractivity contribution in [1.29, 1.82) is 0 Å². The first-order chi connectivity index (χ1) is 12.0. The normalized spacial score (nSPS) is 12.4. The van der Waals surface area contributed by atoms with E-state index in [0.717, 1.165) is 5.56 Å². The molecule has 0 aliphatic heterocycles. The molecule has 144 valence electrons. The van der Waals surface area contributed by atoms with Crippen molar-refractivity contribution in [3.63, 3.8) is 0 Å². The van der Waals surface area contributed by atoms with Crippen LogP contribution in [-0.2, 0) is 21.9 Å². The molecule has 0 radical (unpaired) electrons. The fourth-order valence-electron chi connectivity index (χ4n) is 2.40. The molecule has 2 aromatic rings. The summed E-state index contributed by atoms with van der Waals surface area (Å²) in [7, 11) is -3.63. The van der Waals surface area contributed by atoms with Crippen LogP contribution < -0.4 is 9.46 Å². The van der Waals surface area contributed by atoms with Gasteiger partial charge in [-0.1, -0.05) is 25.9 Å². The molecule has 7 nitrogen and oxygen atoms in total. The van der Waals surface area contributed by atoms with E-state index in [1.807, 2.05) is 34.6 Å². The maximum atomic E-state index is 12.6. The molecule has 0 bridgehead atoms. The highest BCUT2D eigenvalue weighted by molar-refractivity contribution is 7.89. The van der Waals surface area contributed by atoms with Crippen molar-refractivity contribution in [2.24, 2.45) is 0 Å². The largest absolute Gasteiger partial charge is 0.494 e. The highest BCUT2D eigenvalue weighted by Gasteiger charge is 2.22. The number of aromatic nitrogens is 2. The van der Waals surface area contributed by atoms with Crippen LogP contribution in [0.4, 0.5) is 0 Å². The number of rotatable bonds is 7.